The number of carbonyl (C=O) groups is 4. The fraction of sp³-hybridized carbons (Fsp3) is 0.481. The monoisotopic (exact) mass is 1000 g/mol. The minimum Gasteiger partial charge on any atom is -0.453 e. The minimum absolute atomic E-state index is 0.0738. The van der Waals surface area contributed by atoms with Gasteiger partial charge in [0, 0.05) is 42.3 Å². The van der Waals surface area contributed by atoms with Gasteiger partial charge in [-0.2, -0.15) is 0 Å². The Morgan fingerprint density at radius 2 is 1.03 bits per heavy atom. The first-order chi connectivity index (χ1) is 34.3. The van der Waals surface area contributed by atoms with Crippen molar-refractivity contribution in [3.8, 4) is 22.5 Å². The van der Waals surface area contributed by atoms with Crippen LogP contribution in [-0.2, 0) is 34.3 Å². The Hall–Kier alpha value is -6.69. The highest BCUT2D eigenvalue weighted by Gasteiger charge is 2.42. The number of ether oxygens (including phenoxy) is 2. The molecule has 4 amide bonds. The highest BCUT2D eigenvalue weighted by molar-refractivity contribution is 7.91. The number of benzene rings is 3. The van der Waals surface area contributed by atoms with E-state index in [4.69, 9.17) is 19.4 Å². The zero-order chi connectivity index (χ0) is 51.6. The van der Waals surface area contributed by atoms with Crippen molar-refractivity contribution in [2.45, 2.75) is 116 Å². The van der Waals surface area contributed by atoms with Crippen molar-refractivity contribution in [1.82, 2.24) is 40.4 Å². The molecule has 0 saturated carbocycles. The quantitative estimate of drug-likeness (QED) is 0.0877. The normalized spacial score (nSPS) is 20.9. The van der Waals surface area contributed by atoms with Crippen molar-refractivity contribution in [3.63, 3.8) is 0 Å². The number of alkyl carbamates (subject to hydrolysis) is 2. The summed E-state index contributed by atoms with van der Waals surface area (Å²) in [6, 6.07) is 21.1. The van der Waals surface area contributed by atoms with Crippen LogP contribution in [0, 0.1) is 11.8 Å². The van der Waals surface area contributed by atoms with E-state index in [9.17, 15) is 27.6 Å². The molecular formula is C54H69N9O8S. The van der Waals surface area contributed by atoms with Crippen LogP contribution in [0.4, 0.5) is 15.3 Å². The summed E-state index contributed by atoms with van der Waals surface area (Å²) in [5.74, 6) is 0.491. The number of amides is 4. The predicted molar refractivity (Wildman–Crippen MR) is 276 cm³/mol. The number of H-pyrrole nitrogens is 2. The number of rotatable bonds is 13. The van der Waals surface area contributed by atoms with Gasteiger partial charge in [0.1, 0.15) is 23.7 Å². The molecule has 17 nitrogen and oxygen atoms in total. The molecule has 3 aliphatic heterocycles. The zero-order valence-electron chi connectivity index (χ0n) is 42.8. The lowest BCUT2D eigenvalue weighted by Gasteiger charge is -2.44. The van der Waals surface area contributed by atoms with Gasteiger partial charge in [0.25, 0.3) is 0 Å². The first-order valence-corrected chi connectivity index (χ1v) is 26.8. The maximum Gasteiger partial charge on any atom is 0.407 e. The van der Waals surface area contributed by atoms with E-state index < -0.39 is 46.2 Å². The number of likely N-dealkylation sites (tertiary alicyclic amines) is 2. The van der Waals surface area contributed by atoms with Gasteiger partial charge in [-0.15, -0.1) is 0 Å². The van der Waals surface area contributed by atoms with Crippen molar-refractivity contribution < 1.29 is 37.1 Å². The fourth-order valence-corrected chi connectivity index (χ4v) is 12.2. The van der Waals surface area contributed by atoms with Crippen LogP contribution in [0.2, 0.25) is 0 Å². The molecule has 0 aliphatic carbocycles. The Labute approximate surface area is 422 Å². The van der Waals surface area contributed by atoms with Crippen molar-refractivity contribution in [3.05, 3.63) is 114 Å². The molecule has 3 fully saturated rings. The number of aromatic amines is 2. The molecule has 3 aromatic carbocycles. The molecule has 3 unspecified atom stereocenters. The topological polar surface area (TPSA) is 212 Å². The Kier molecular flexibility index (Phi) is 15.2. The van der Waals surface area contributed by atoms with Gasteiger partial charge < -0.3 is 44.8 Å². The van der Waals surface area contributed by atoms with Crippen LogP contribution in [0.1, 0.15) is 127 Å². The number of carbonyl (C=O) groups excluding carboxylic acids is 4. The number of methoxy groups -OCH3 is 2. The first-order valence-electron chi connectivity index (χ1n) is 25.0. The van der Waals surface area contributed by atoms with Gasteiger partial charge in [-0.3, -0.25) is 9.59 Å². The SMILES string of the molecule is COC(=O)N[C@H](C(=O)N1CCCC1c1nc(-c2ccc(C3CS(=O)(=O)CC(c4ccc(-c5c[nH]c([C@@H]6CCCN6C(=O)[C@@H](NC(=O)OC)C(C)C)n5)cc4)N3c3ccc(C(C)(C)C)cc3)cc2)c[nH]1)C(C)C. The predicted octanol–water partition coefficient (Wildman–Crippen LogP) is 8.57. The Bertz CT molecular complexity index is 2680. The average Bonchev–Trinajstić information content (AvgIpc) is 4.21. The number of anilines is 1. The maximum atomic E-state index is 14.1. The number of nitrogens with zero attached hydrogens (tertiary/aromatic N) is 5. The first kappa shape index (κ1) is 51.7. The number of hydrogen-bond donors (Lipinski definition) is 4. The molecular weight excluding hydrogens is 935 g/mol. The molecule has 3 aliphatic rings. The summed E-state index contributed by atoms with van der Waals surface area (Å²) < 4.78 is 37.8. The van der Waals surface area contributed by atoms with Crippen LogP contribution in [0.25, 0.3) is 22.5 Å². The van der Waals surface area contributed by atoms with E-state index in [1.807, 2.05) is 88.6 Å². The van der Waals surface area contributed by atoms with Crippen molar-refractivity contribution >= 4 is 39.5 Å². The zero-order valence-corrected chi connectivity index (χ0v) is 43.6. The fourth-order valence-electron chi connectivity index (χ4n) is 10.4. The second kappa shape index (κ2) is 21.2. The van der Waals surface area contributed by atoms with E-state index in [-0.39, 0.29) is 52.7 Å². The molecule has 4 N–H and O–H groups in total. The molecule has 0 bridgehead atoms. The summed E-state index contributed by atoms with van der Waals surface area (Å²) >= 11 is 0. The van der Waals surface area contributed by atoms with Crippen LogP contribution in [0.3, 0.4) is 0 Å². The lowest BCUT2D eigenvalue weighted by molar-refractivity contribution is -0.136. The van der Waals surface area contributed by atoms with Gasteiger partial charge >= 0.3 is 12.2 Å². The molecule has 6 atom stereocenters. The lowest BCUT2D eigenvalue weighted by atomic mass is 9.87. The molecule has 8 rings (SSSR count). The van der Waals surface area contributed by atoms with E-state index in [1.165, 1.54) is 19.8 Å². The minimum atomic E-state index is -3.55. The third kappa shape index (κ3) is 11.0. The van der Waals surface area contributed by atoms with Gasteiger partial charge in [-0.1, -0.05) is 109 Å². The van der Waals surface area contributed by atoms with Gasteiger partial charge in [-0.05, 0) is 71.8 Å². The average molecular weight is 1000 g/mol. The van der Waals surface area contributed by atoms with Crippen LogP contribution >= 0.6 is 0 Å². The summed E-state index contributed by atoms with van der Waals surface area (Å²) in [5.41, 5.74) is 6.73. The molecule has 3 saturated heterocycles. The standard InChI is InChI=1S/C54H69N9O8S/c1-32(2)46(59-52(66)70-8)50(64)61-26-10-12-42(61)48-55-28-40(57-48)34-14-18-36(19-15-34)44-30-72(68,69)31-45(63(44)39-24-22-38(23-25-39)54(5,6)7)37-20-16-35(17-21-37)41-29-56-49(58-41)43-13-11-27-62(43)51(65)47(33(3)4)60-53(67)71-9/h14-25,28-29,32-33,42-47H,10-13,26-27,30-31H2,1-9H3,(H,55,57)(H,56,58)(H,59,66)(H,60,67)/t42-,43?,44?,45?,46-,47-/m0/s1. The molecule has 384 valence electrons. The molecule has 0 radical (unpaired) electrons. The summed E-state index contributed by atoms with van der Waals surface area (Å²) in [7, 11) is -1.000. The largest absolute Gasteiger partial charge is 0.453 e. The summed E-state index contributed by atoms with van der Waals surface area (Å²) in [6.45, 7) is 15.1. The molecule has 2 aromatic heterocycles. The van der Waals surface area contributed by atoms with E-state index in [1.54, 1.807) is 9.80 Å². The number of nitrogens with one attached hydrogen (secondary N) is 4. The van der Waals surface area contributed by atoms with Crippen LogP contribution in [0.5, 0.6) is 0 Å². The number of sulfone groups is 1. The molecule has 72 heavy (non-hydrogen) atoms. The Morgan fingerprint density at radius 1 is 0.625 bits per heavy atom. The highest BCUT2D eigenvalue weighted by atomic mass is 32.2. The maximum absolute atomic E-state index is 14.1. The summed E-state index contributed by atoms with van der Waals surface area (Å²) in [5, 5.41) is 5.40. The Morgan fingerprint density at radius 3 is 1.39 bits per heavy atom. The third-order valence-electron chi connectivity index (χ3n) is 14.4. The van der Waals surface area contributed by atoms with Crippen molar-refractivity contribution in [2.75, 3.05) is 43.7 Å². The molecule has 5 heterocycles. The van der Waals surface area contributed by atoms with E-state index in [2.05, 4.69) is 70.5 Å². The van der Waals surface area contributed by atoms with Crippen LogP contribution < -0.4 is 15.5 Å². The van der Waals surface area contributed by atoms with Crippen molar-refractivity contribution in [2.24, 2.45) is 11.8 Å². The van der Waals surface area contributed by atoms with Gasteiger partial charge in [0.05, 0.1) is 61.3 Å². The van der Waals surface area contributed by atoms with E-state index >= 15 is 0 Å². The second-order valence-corrected chi connectivity index (χ2v) is 23.1. The lowest BCUT2D eigenvalue weighted by Crippen LogP contribution is -2.51. The van der Waals surface area contributed by atoms with Crippen molar-refractivity contribution in [1.29, 1.82) is 0 Å². The summed E-state index contributed by atoms with van der Waals surface area (Å²) in [6.07, 6.45) is 5.38. The van der Waals surface area contributed by atoms with Gasteiger partial charge in [-0.25, -0.2) is 28.0 Å². The Balaban J connectivity index is 1.05. The van der Waals surface area contributed by atoms with Crippen LogP contribution in [-0.4, -0.2) is 113 Å². The third-order valence-corrected chi connectivity index (χ3v) is 16.0. The number of aromatic nitrogens is 4. The molecule has 5 aromatic rings. The number of hydrogen-bond acceptors (Lipinski definition) is 11. The highest BCUT2D eigenvalue weighted by Crippen LogP contribution is 2.43. The van der Waals surface area contributed by atoms with E-state index in [0.29, 0.717) is 36.1 Å². The van der Waals surface area contributed by atoms with Gasteiger partial charge in [0.15, 0.2) is 9.84 Å². The smallest absolute Gasteiger partial charge is 0.407 e. The number of imidazole rings is 2. The van der Waals surface area contributed by atoms with Gasteiger partial charge in [0.2, 0.25) is 11.8 Å². The molecule has 18 heteroatoms. The summed E-state index contributed by atoms with van der Waals surface area (Å²) in [4.78, 5) is 74.1. The van der Waals surface area contributed by atoms with Crippen LogP contribution in [0.15, 0.2) is 85.2 Å². The second-order valence-electron chi connectivity index (χ2n) is 21.0. The van der Waals surface area contributed by atoms with E-state index in [0.717, 1.165) is 53.6 Å². The molecule has 0 spiro atoms.